The van der Waals surface area contributed by atoms with E-state index < -0.39 is 0 Å². The average Bonchev–Trinajstić information content (AvgIpc) is 3.03. The number of ether oxygens (including phenoxy) is 1. The molecule has 96 valence electrons. The van der Waals surface area contributed by atoms with Gasteiger partial charge in [0.1, 0.15) is 5.76 Å². The number of nitrogens with zero attached hydrogens (tertiary/aromatic N) is 2. The molecule has 0 saturated carbocycles. The molecular weight excluding hydrogens is 234 g/mol. The number of hydrogen-bond donors (Lipinski definition) is 1. The lowest BCUT2D eigenvalue weighted by Gasteiger charge is -2.04. The van der Waals surface area contributed by atoms with Crippen molar-refractivity contribution in [2.75, 3.05) is 7.11 Å². The summed E-state index contributed by atoms with van der Waals surface area (Å²) >= 11 is 0. The molecule has 0 aliphatic heterocycles. The Morgan fingerprint density at radius 3 is 2.89 bits per heavy atom. The highest BCUT2D eigenvalue weighted by Crippen LogP contribution is 2.22. The van der Waals surface area contributed by atoms with Crippen LogP contribution in [0, 0.1) is 0 Å². The van der Waals surface area contributed by atoms with Gasteiger partial charge in [0, 0.05) is 6.54 Å². The van der Waals surface area contributed by atoms with Crippen molar-refractivity contribution in [1.82, 2.24) is 9.78 Å². The minimum atomic E-state index is -0.258. The maximum absolute atomic E-state index is 12.3. The van der Waals surface area contributed by atoms with Gasteiger partial charge < -0.3 is 14.9 Å². The van der Waals surface area contributed by atoms with Gasteiger partial charge in [-0.15, -0.1) is 0 Å². The lowest BCUT2D eigenvalue weighted by atomic mass is 10.2. The third kappa shape index (κ3) is 2.02. The maximum atomic E-state index is 12.3. The van der Waals surface area contributed by atoms with E-state index in [1.54, 1.807) is 16.8 Å². The predicted molar refractivity (Wildman–Crippen MR) is 64.5 cm³/mol. The minimum absolute atomic E-state index is 0.240. The van der Waals surface area contributed by atoms with E-state index >= 15 is 0 Å². The Morgan fingerprint density at radius 2 is 2.33 bits per heavy atom. The van der Waals surface area contributed by atoms with Gasteiger partial charge in [0.25, 0.3) is 0 Å². The molecule has 0 radical (unpaired) electrons. The quantitative estimate of drug-likeness (QED) is 0.805. The summed E-state index contributed by atoms with van der Waals surface area (Å²) in [5.74, 6) is 0.988. The van der Waals surface area contributed by atoms with E-state index in [0.717, 1.165) is 0 Å². The highest BCUT2D eigenvalue weighted by Gasteiger charge is 2.22. The molecule has 0 aromatic carbocycles. The van der Waals surface area contributed by atoms with E-state index in [9.17, 15) is 4.79 Å². The molecule has 0 bridgehead atoms. The molecule has 6 heteroatoms. The van der Waals surface area contributed by atoms with Crippen LogP contribution in [0.25, 0.3) is 0 Å². The Bertz CT molecular complexity index is 535. The molecule has 0 fully saturated rings. The Balaban J connectivity index is 2.41. The van der Waals surface area contributed by atoms with Crippen LogP contribution in [0.1, 0.15) is 28.9 Å². The van der Waals surface area contributed by atoms with Crippen LogP contribution in [-0.4, -0.2) is 22.7 Å². The van der Waals surface area contributed by atoms with Gasteiger partial charge in [0.05, 0.1) is 19.9 Å². The molecule has 0 aliphatic carbocycles. The van der Waals surface area contributed by atoms with Crippen molar-refractivity contribution < 1.29 is 13.9 Å². The van der Waals surface area contributed by atoms with Gasteiger partial charge in [-0.1, -0.05) is 0 Å². The number of rotatable bonds is 5. The van der Waals surface area contributed by atoms with Crippen LogP contribution in [0.3, 0.4) is 0 Å². The number of aromatic nitrogens is 2. The first-order valence-corrected chi connectivity index (χ1v) is 5.64. The summed E-state index contributed by atoms with van der Waals surface area (Å²) in [5, 5.41) is 4.08. The number of carbonyl (C=O) groups is 1. The van der Waals surface area contributed by atoms with Crippen LogP contribution in [0.15, 0.2) is 22.7 Å². The lowest BCUT2D eigenvalue weighted by molar-refractivity contribution is 0.0994. The standard InChI is InChI=1S/C12H15N3O3/c1-3-15-11(10(17-2)7-14-15)12(16)9-5-4-8(6-13)18-9/h4-5,7H,3,6,13H2,1-2H3. The second-order valence-electron chi connectivity index (χ2n) is 3.68. The Hall–Kier alpha value is -2.08. The number of ketones is 1. The molecule has 2 N–H and O–H groups in total. The smallest absolute Gasteiger partial charge is 0.249 e. The summed E-state index contributed by atoms with van der Waals surface area (Å²) in [5.41, 5.74) is 5.83. The van der Waals surface area contributed by atoms with Crippen molar-refractivity contribution in [3.8, 4) is 5.75 Å². The summed E-state index contributed by atoms with van der Waals surface area (Å²) < 4.78 is 12.1. The second-order valence-corrected chi connectivity index (χ2v) is 3.68. The third-order valence-electron chi connectivity index (χ3n) is 2.63. The highest BCUT2D eigenvalue weighted by molar-refractivity contribution is 6.07. The highest BCUT2D eigenvalue weighted by atomic mass is 16.5. The topological polar surface area (TPSA) is 83.3 Å². The molecule has 0 saturated heterocycles. The molecule has 2 heterocycles. The molecule has 6 nitrogen and oxygen atoms in total. The van der Waals surface area contributed by atoms with Crippen molar-refractivity contribution >= 4 is 5.78 Å². The fourth-order valence-electron chi connectivity index (χ4n) is 1.71. The number of methoxy groups -OCH3 is 1. The molecule has 0 atom stereocenters. The van der Waals surface area contributed by atoms with E-state index in [1.807, 2.05) is 6.92 Å². The predicted octanol–water partition coefficient (Wildman–Crippen LogP) is 1.19. The van der Waals surface area contributed by atoms with Gasteiger partial charge >= 0.3 is 0 Å². The zero-order valence-corrected chi connectivity index (χ0v) is 10.3. The van der Waals surface area contributed by atoms with Crippen molar-refractivity contribution in [3.05, 3.63) is 35.5 Å². The first-order chi connectivity index (χ1) is 8.71. The summed E-state index contributed by atoms with van der Waals surface area (Å²) in [7, 11) is 1.50. The van der Waals surface area contributed by atoms with E-state index in [2.05, 4.69) is 5.10 Å². The molecule has 0 unspecified atom stereocenters. The lowest BCUT2D eigenvalue weighted by Crippen LogP contribution is -2.11. The van der Waals surface area contributed by atoms with E-state index in [1.165, 1.54) is 13.3 Å². The number of furan rings is 1. The second kappa shape index (κ2) is 5.05. The summed E-state index contributed by atoms with van der Waals surface area (Å²) in [6, 6.07) is 3.29. The normalized spacial score (nSPS) is 10.6. The Kier molecular flexibility index (Phi) is 3.47. The number of hydrogen-bond acceptors (Lipinski definition) is 5. The van der Waals surface area contributed by atoms with E-state index in [0.29, 0.717) is 23.7 Å². The largest absolute Gasteiger partial charge is 0.493 e. The minimum Gasteiger partial charge on any atom is -0.493 e. The molecule has 2 aromatic rings. The van der Waals surface area contributed by atoms with Gasteiger partial charge in [-0.05, 0) is 19.1 Å². The SMILES string of the molecule is CCn1ncc(OC)c1C(=O)c1ccc(CN)o1. The van der Waals surface area contributed by atoms with Crippen molar-refractivity contribution in [2.24, 2.45) is 5.73 Å². The first kappa shape index (κ1) is 12.4. The zero-order chi connectivity index (χ0) is 13.1. The molecule has 18 heavy (non-hydrogen) atoms. The average molecular weight is 249 g/mol. The van der Waals surface area contributed by atoms with Crippen molar-refractivity contribution in [3.63, 3.8) is 0 Å². The van der Waals surface area contributed by atoms with Crippen molar-refractivity contribution in [1.29, 1.82) is 0 Å². The molecule has 2 rings (SSSR count). The van der Waals surface area contributed by atoms with Gasteiger partial charge in [-0.2, -0.15) is 5.10 Å². The molecule has 0 spiro atoms. The summed E-state index contributed by atoms with van der Waals surface area (Å²) in [6.45, 7) is 2.74. The fourth-order valence-corrected chi connectivity index (χ4v) is 1.71. The van der Waals surface area contributed by atoms with Crippen LogP contribution >= 0.6 is 0 Å². The maximum Gasteiger partial charge on any atom is 0.249 e. The third-order valence-corrected chi connectivity index (χ3v) is 2.63. The van der Waals surface area contributed by atoms with E-state index in [4.69, 9.17) is 14.9 Å². The van der Waals surface area contributed by atoms with E-state index in [-0.39, 0.29) is 18.1 Å². The fraction of sp³-hybridized carbons (Fsp3) is 0.333. The molecule has 0 aliphatic rings. The van der Waals surface area contributed by atoms with Crippen LogP contribution in [-0.2, 0) is 13.1 Å². The van der Waals surface area contributed by atoms with Gasteiger partial charge in [0.15, 0.2) is 17.2 Å². The Morgan fingerprint density at radius 1 is 1.56 bits per heavy atom. The monoisotopic (exact) mass is 249 g/mol. The van der Waals surface area contributed by atoms with Crippen LogP contribution < -0.4 is 10.5 Å². The first-order valence-electron chi connectivity index (χ1n) is 5.64. The van der Waals surface area contributed by atoms with Gasteiger partial charge in [-0.25, -0.2) is 0 Å². The molecule has 0 amide bonds. The van der Waals surface area contributed by atoms with Gasteiger partial charge in [-0.3, -0.25) is 9.48 Å². The van der Waals surface area contributed by atoms with Crippen LogP contribution in [0.4, 0.5) is 0 Å². The Labute approximate surface area is 104 Å². The molecular formula is C12H15N3O3. The number of nitrogens with two attached hydrogens (primary N) is 1. The molecule has 2 aromatic heterocycles. The van der Waals surface area contributed by atoms with Gasteiger partial charge in [0.2, 0.25) is 5.78 Å². The zero-order valence-electron chi connectivity index (χ0n) is 10.3. The summed E-state index contributed by atoms with van der Waals surface area (Å²) in [4.78, 5) is 12.3. The van der Waals surface area contributed by atoms with Crippen LogP contribution in [0.2, 0.25) is 0 Å². The number of aryl methyl sites for hydroxylation is 1. The summed E-state index contributed by atoms with van der Waals surface area (Å²) in [6.07, 6.45) is 1.52. The van der Waals surface area contributed by atoms with Crippen LogP contribution in [0.5, 0.6) is 5.75 Å². The van der Waals surface area contributed by atoms with Crippen molar-refractivity contribution in [2.45, 2.75) is 20.0 Å². The number of carbonyl (C=O) groups excluding carboxylic acids is 1.